The van der Waals surface area contributed by atoms with E-state index >= 15 is 0 Å². The fourth-order valence-electron chi connectivity index (χ4n) is 1.87. The molecule has 124 valence electrons. The Morgan fingerprint density at radius 3 is 2.57 bits per heavy atom. The average Bonchev–Trinajstić information content (AvgIpc) is 2.46. The molecule has 0 atom stereocenters. The molecule has 0 bridgehead atoms. The van der Waals surface area contributed by atoms with Crippen LogP contribution in [0.5, 0.6) is 0 Å². The smallest absolute Gasteiger partial charge is 0.159 e. The van der Waals surface area contributed by atoms with Gasteiger partial charge in [0.05, 0.1) is 12.4 Å². The van der Waals surface area contributed by atoms with E-state index in [0.717, 1.165) is 28.9 Å². The van der Waals surface area contributed by atoms with Crippen molar-refractivity contribution >= 4 is 5.78 Å². The normalized spacial score (nSPS) is 12.5. The number of ether oxygens (including phenoxy) is 1. The van der Waals surface area contributed by atoms with E-state index in [1.807, 2.05) is 49.4 Å². The van der Waals surface area contributed by atoms with Crippen molar-refractivity contribution in [2.45, 2.75) is 41.0 Å². The van der Waals surface area contributed by atoms with Crippen molar-refractivity contribution in [2.75, 3.05) is 6.61 Å². The third kappa shape index (κ3) is 7.14. The van der Waals surface area contributed by atoms with E-state index in [1.54, 1.807) is 6.92 Å². The summed E-state index contributed by atoms with van der Waals surface area (Å²) in [6, 6.07) is 7.69. The van der Waals surface area contributed by atoms with Crippen molar-refractivity contribution < 1.29 is 9.53 Å². The van der Waals surface area contributed by atoms with Crippen molar-refractivity contribution in [3.63, 3.8) is 0 Å². The molecule has 1 rings (SSSR count). The highest BCUT2D eigenvalue weighted by Gasteiger charge is 2.11. The number of carbonyl (C=O) groups is 1. The number of Topliss-reactive ketones (excluding diaryl/α,β-unsaturated/α-hetero) is 1. The Balaban J connectivity index is 2.47. The van der Waals surface area contributed by atoms with Gasteiger partial charge in [0, 0.05) is 12.0 Å². The van der Waals surface area contributed by atoms with Crippen LogP contribution in [0, 0.1) is 5.41 Å². The third-order valence-electron chi connectivity index (χ3n) is 3.65. The molecule has 0 saturated carbocycles. The molecule has 0 aliphatic carbocycles. The van der Waals surface area contributed by atoms with Gasteiger partial charge in [0.15, 0.2) is 5.78 Å². The zero-order valence-corrected chi connectivity index (χ0v) is 15.0. The van der Waals surface area contributed by atoms with Gasteiger partial charge in [-0.2, -0.15) is 0 Å². The van der Waals surface area contributed by atoms with E-state index in [9.17, 15) is 4.79 Å². The van der Waals surface area contributed by atoms with Crippen LogP contribution >= 0.6 is 0 Å². The lowest BCUT2D eigenvalue weighted by molar-refractivity contribution is 0.101. The van der Waals surface area contributed by atoms with E-state index in [2.05, 4.69) is 27.4 Å². The van der Waals surface area contributed by atoms with Crippen LogP contribution in [0.15, 0.2) is 60.4 Å². The zero-order valence-electron chi connectivity index (χ0n) is 15.0. The molecule has 0 N–H and O–H groups in total. The van der Waals surface area contributed by atoms with Gasteiger partial charge < -0.3 is 4.74 Å². The topological polar surface area (TPSA) is 26.3 Å². The van der Waals surface area contributed by atoms with E-state index in [-0.39, 0.29) is 11.2 Å². The maximum atomic E-state index is 11.4. The fourth-order valence-corrected chi connectivity index (χ4v) is 1.87. The molecule has 0 aliphatic rings. The number of hydrogen-bond donors (Lipinski definition) is 0. The largest absolute Gasteiger partial charge is 0.498 e. The summed E-state index contributed by atoms with van der Waals surface area (Å²) in [6.07, 6.45) is 6.72. The number of benzene rings is 1. The molecule has 0 unspecified atom stereocenters. The molecule has 0 fully saturated rings. The summed E-state index contributed by atoms with van der Waals surface area (Å²) in [4.78, 5) is 11.4. The van der Waals surface area contributed by atoms with Crippen molar-refractivity contribution in [1.29, 1.82) is 0 Å². The van der Waals surface area contributed by atoms with Gasteiger partial charge in [-0.15, -0.1) is 0 Å². The third-order valence-corrected chi connectivity index (χ3v) is 3.65. The first kappa shape index (κ1) is 19.0. The van der Waals surface area contributed by atoms with Crippen molar-refractivity contribution in [3.05, 3.63) is 71.5 Å². The molecule has 0 radical (unpaired) electrons. The predicted octanol–water partition coefficient (Wildman–Crippen LogP) is 5.51. The highest BCUT2D eigenvalue weighted by molar-refractivity contribution is 5.94. The molecule has 0 spiro atoms. The van der Waals surface area contributed by atoms with Gasteiger partial charge in [-0.1, -0.05) is 57.7 Å². The molecule has 0 amide bonds. The van der Waals surface area contributed by atoms with Crippen LogP contribution in [-0.2, 0) is 11.2 Å². The second-order valence-electron chi connectivity index (χ2n) is 6.77. The van der Waals surface area contributed by atoms with Crippen molar-refractivity contribution in [2.24, 2.45) is 5.41 Å². The summed E-state index contributed by atoms with van der Waals surface area (Å²) < 4.78 is 5.71. The lowest BCUT2D eigenvalue weighted by Crippen LogP contribution is -2.05. The van der Waals surface area contributed by atoms with Gasteiger partial charge in [0.2, 0.25) is 0 Å². The van der Waals surface area contributed by atoms with E-state index in [4.69, 9.17) is 4.74 Å². The van der Waals surface area contributed by atoms with Crippen LogP contribution < -0.4 is 0 Å². The predicted molar refractivity (Wildman–Crippen MR) is 97.6 cm³/mol. The highest BCUT2D eigenvalue weighted by atomic mass is 16.5. The number of hydrogen-bond acceptors (Lipinski definition) is 2. The molecular formula is C21H28O2. The molecule has 1 aromatic carbocycles. The zero-order chi connectivity index (χ0) is 17.5. The minimum absolute atomic E-state index is 0.0842. The standard InChI is InChI=1S/C21H28O2/c1-16(21(4,5)6)9-7-10-17(2)23-14-13-19-11-8-12-20(15-19)18(3)22/h7-12,15H,1,13-14H2,2-6H3/b9-7-,17-10+. The van der Waals surface area contributed by atoms with Crippen LogP contribution in [0.4, 0.5) is 0 Å². The first-order valence-electron chi connectivity index (χ1n) is 7.97. The van der Waals surface area contributed by atoms with Crippen LogP contribution in [0.3, 0.4) is 0 Å². The Bertz CT molecular complexity index is 613. The van der Waals surface area contributed by atoms with Gasteiger partial charge in [-0.25, -0.2) is 0 Å². The molecule has 2 heteroatoms. The van der Waals surface area contributed by atoms with Gasteiger partial charge in [-0.05, 0) is 42.5 Å². The second kappa shape index (κ2) is 8.52. The van der Waals surface area contributed by atoms with Crippen LogP contribution in [0.1, 0.15) is 50.5 Å². The Morgan fingerprint density at radius 1 is 1.26 bits per heavy atom. The fraction of sp³-hybridized carbons (Fsp3) is 0.381. The quantitative estimate of drug-likeness (QED) is 0.377. The number of allylic oxidation sites excluding steroid dienone is 5. The molecule has 0 heterocycles. The summed E-state index contributed by atoms with van der Waals surface area (Å²) in [6.45, 7) is 14.6. The number of carbonyl (C=O) groups excluding carboxylic acids is 1. The maximum absolute atomic E-state index is 11.4. The van der Waals surface area contributed by atoms with Crippen LogP contribution in [0.2, 0.25) is 0 Å². The lowest BCUT2D eigenvalue weighted by atomic mass is 9.87. The average molecular weight is 312 g/mol. The first-order chi connectivity index (χ1) is 10.7. The Kier molecular flexibility index (Phi) is 7.02. The number of rotatable bonds is 7. The summed E-state index contributed by atoms with van der Waals surface area (Å²) in [5, 5.41) is 0. The lowest BCUT2D eigenvalue weighted by Gasteiger charge is -2.18. The molecule has 1 aromatic rings. The minimum Gasteiger partial charge on any atom is -0.498 e. The van der Waals surface area contributed by atoms with Crippen molar-refractivity contribution in [1.82, 2.24) is 0 Å². The monoisotopic (exact) mass is 312 g/mol. The van der Waals surface area contributed by atoms with Gasteiger partial charge >= 0.3 is 0 Å². The molecular weight excluding hydrogens is 284 g/mol. The highest BCUT2D eigenvalue weighted by Crippen LogP contribution is 2.24. The summed E-state index contributed by atoms with van der Waals surface area (Å²) in [7, 11) is 0. The van der Waals surface area contributed by atoms with Crippen molar-refractivity contribution in [3.8, 4) is 0 Å². The second-order valence-corrected chi connectivity index (χ2v) is 6.77. The molecule has 0 saturated heterocycles. The maximum Gasteiger partial charge on any atom is 0.159 e. The van der Waals surface area contributed by atoms with E-state index < -0.39 is 0 Å². The minimum atomic E-state index is 0.0842. The van der Waals surface area contributed by atoms with E-state index in [1.165, 1.54) is 0 Å². The number of ketones is 1. The summed E-state index contributed by atoms with van der Waals surface area (Å²) in [5.41, 5.74) is 3.03. The molecule has 23 heavy (non-hydrogen) atoms. The molecule has 0 aromatic heterocycles. The van der Waals surface area contributed by atoms with Gasteiger partial charge in [0.25, 0.3) is 0 Å². The van der Waals surface area contributed by atoms with E-state index in [0.29, 0.717) is 6.61 Å². The first-order valence-corrected chi connectivity index (χ1v) is 7.97. The summed E-state index contributed by atoms with van der Waals surface area (Å²) in [5.74, 6) is 0.957. The van der Waals surface area contributed by atoms with Crippen LogP contribution in [0.25, 0.3) is 0 Å². The van der Waals surface area contributed by atoms with Gasteiger partial charge in [0.1, 0.15) is 0 Å². The Morgan fingerprint density at radius 2 is 1.96 bits per heavy atom. The molecule has 2 nitrogen and oxygen atoms in total. The Hall–Kier alpha value is -2.09. The molecule has 0 aliphatic heterocycles. The SMILES string of the molecule is C=C(/C=C\C=C(/C)OCCc1cccc(C(C)=O)c1)C(C)(C)C. The van der Waals surface area contributed by atoms with Gasteiger partial charge in [-0.3, -0.25) is 4.79 Å². The summed E-state index contributed by atoms with van der Waals surface area (Å²) >= 11 is 0. The Labute approximate surface area is 140 Å². The van der Waals surface area contributed by atoms with Crippen LogP contribution in [-0.4, -0.2) is 12.4 Å².